The molecule has 33 heavy (non-hydrogen) atoms. The number of halogens is 1. The molecule has 10 nitrogen and oxygen atoms in total. The van der Waals surface area contributed by atoms with Crippen LogP contribution < -0.4 is 5.73 Å². The van der Waals surface area contributed by atoms with E-state index in [9.17, 15) is 39.3 Å². The lowest BCUT2D eigenvalue weighted by atomic mass is 9.49. The van der Waals surface area contributed by atoms with Crippen LogP contribution in [-0.2, 0) is 19.2 Å². The number of phenolic OH excluding ortho intramolecular Hbond substituents is 1. The second-order valence-electron chi connectivity index (χ2n) is 9.23. The van der Waals surface area contributed by atoms with Gasteiger partial charge in [0.2, 0.25) is 5.91 Å². The van der Waals surface area contributed by atoms with Gasteiger partial charge in [0.05, 0.1) is 34.0 Å². The average Bonchev–Trinajstić information content (AvgIpc) is 2.72. The van der Waals surface area contributed by atoms with Crippen molar-refractivity contribution in [2.45, 2.75) is 30.6 Å². The topological polar surface area (TPSA) is 175 Å². The maximum absolute atomic E-state index is 13.7. The molecule has 4 rings (SSSR count). The number of aromatic hydroxyl groups is 1. The number of primary amides is 1. The number of hydrogen-bond donors (Lipinski definition) is 4. The molecular formula is C22H23BrN2O8. The van der Waals surface area contributed by atoms with E-state index < -0.39 is 82.1 Å². The molecule has 1 amide bonds. The number of fused-ring (bicyclic) bond motifs is 3. The fourth-order valence-electron chi connectivity index (χ4n) is 5.96. The van der Waals surface area contributed by atoms with E-state index >= 15 is 0 Å². The number of benzene rings is 1. The van der Waals surface area contributed by atoms with E-state index in [1.807, 2.05) is 0 Å². The summed E-state index contributed by atoms with van der Waals surface area (Å²) in [6, 6.07) is 1.73. The molecule has 0 spiro atoms. The number of rotatable bonds is 2. The van der Waals surface area contributed by atoms with Crippen molar-refractivity contribution in [1.82, 2.24) is 4.90 Å². The molecule has 1 aromatic carbocycles. The number of ketones is 4. The van der Waals surface area contributed by atoms with Crippen LogP contribution >= 0.6 is 15.9 Å². The van der Waals surface area contributed by atoms with Gasteiger partial charge in [0.25, 0.3) is 0 Å². The fraction of sp³-hybridized carbons (Fsp3) is 0.500. The Morgan fingerprint density at radius 2 is 1.76 bits per heavy atom. The number of carbonyl (C=O) groups excluding carboxylic acids is 5. The van der Waals surface area contributed by atoms with Crippen LogP contribution in [0.25, 0.3) is 0 Å². The highest BCUT2D eigenvalue weighted by atomic mass is 79.9. The van der Waals surface area contributed by atoms with Gasteiger partial charge in [-0.25, -0.2) is 0 Å². The lowest BCUT2D eigenvalue weighted by Crippen LogP contribution is -2.77. The van der Waals surface area contributed by atoms with Crippen molar-refractivity contribution in [3.63, 3.8) is 0 Å². The maximum Gasteiger partial charge on any atom is 0.235 e. The molecule has 176 valence electrons. The van der Waals surface area contributed by atoms with E-state index in [-0.39, 0.29) is 10.0 Å². The summed E-state index contributed by atoms with van der Waals surface area (Å²) in [5, 5.41) is 33.4. The van der Waals surface area contributed by atoms with E-state index in [4.69, 9.17) is 5.73 Å². The first-order chi connectivity index (χ1) is 15.3. The predicted octanol–water partition coefficient (Wildman–Crippen LogP) is -0.839. The van der Waals surface area contributed by atoms with Crippen LogP contribution in [0.1, 0.15) is 28.8 Å². The zero-order chi connectivity index (χ0) is 24.7. The Bertz CT molecular complexity index is 1130. The van der Waals surface area contributed by atoms with E-state index in [0.29, 0.717) is 5.56 Å². The van der Waals surface area contributed by atoms with Crippen LogP contribution in [0.2, 0.25) is 0 Å². The van der Waals surface area contributed by atoms with Crippen LogP contribution in [-0.4, -0.2) is 81.1 Å². The van der Waals surface area contributed by atoms with Gasteiger partial charge in [0.1, 0.15) is 5.75 Å². The second-order valence-corrected chi connectivity index (χ2v) is 10.1. The average molecular weight is 523 g/mol. The largest absolute Gasteiger partial charge is 0.506 e. The fourth-order valence-corrected chi connectivity index (χ4v) is 6.29. The van der Waals surface area contributed by atoms with Gasteiger partial charge >= 0.3 is 0 Å². The quantitative estimate of drug-likeness (QED) is 0.360. The summed E-state index contributed by atoms with van der Waals surface area (Å²) >= 11 is 3.13. The Morgan fingerprint density at radius 1 is 1.15 bits per heavy atom. The number of likely N-dealkylation sites (N-methyl/N-ethyl adjacent to an activating group) is 1. The summed E-state index contributed by atoms with van der Waals surface area (Å²) in [6.07, 6.45) is -1.63. The number of phenols is 1. The molecule has 3 aliphatic rings. The minimum absolute atomic E-state index is 0.143. The number of nitrogens with two attached hydrogens (primary N) is 1. The molecule has 8 atom stereocenters. The Morgan fingerprint density at radius 3 is 2.30 bits per heavy atom. The number of aliphatic hydroxyl groups is 2. The molecule has 0 bridgehead atoms. The van der Waals surface area contributed by atoms with Gasteiger partial charge in [-0.05, 0) is 47.6 Å². The van der Waals surface area contributed by atoms with Crippen LogP contribution in [0.4, 0.5) is 0 Å². The van der Waals surface area contributed by atoms with Gasteiger partial charge in [-0.3, -0.25) is 28.9 Å². The highest BCUT2D eigenvalue weighted by molar-refractivity contribution is 9.10. The summed E-state index contributed by atoms with van der Waals surface area (Å²) < 4.78 is 0.210. The predicted molar refractivity (Wildman–Crippen MR) is 115 cm³/mol. The summed E-state index contributed by atoms with van der Waals surface area (Å²) in [4.78, 5) is 66.7. The van der Waals surface area contributed by atoms with E-state index in [1.54, 1.807) is 13.0 Å². The molecule has 2 unspecified atom stereocenters. The molecule has 2 saturated carbocycles. The standard InChI is InChI=1S/C22H23BrN2O8/c1-6-7-4-5-8(23)15(26)10(7)16(27)11-9(6)17(28)13-14(25(2)3)18(29)12(21(24)32)20(31)22(13,33)19(11)30/h4-6,9,11-14,17,26,28,33H,1-3H3,(H2,24,32)/t6-,9+,11?,12?,13+,14-,17-,22-/m1/s1. The second kappa shape index (κ2) is 7.52. The third-order valence-corrected chi connectivity index (χ3v) is 8.08. The molecule has 0 aromatic heterocycles. The number of hydrogen-bond acceptors (Lipinski definition) is 9. The molecular weight excluding hydrogens is 500 g/mol. The van der Waals surface area contributed by atoms with E-state index in [0.717, 1.165) is 0 Å². The van der Waals surface area contributed by atoms with Crippen molar-refractivity contribution in [2.75, 3.05) is 14.1 Å². The third kappa shape index (κ3) is 2.86. The van der Waals surface area contributed by atoms with Crippen LogP contribution in [0.5, 0.6) is 5.75 Å². The lowest BCUT2D eigenvalue weighted by molar-refractivity contribution is -0.196. The maximum atomic E-state index is 13.7. The SMILES string of the molecule is C[C@@H]1c2ccc(Br)c(O)c2C(=O)C2C(=O)[C@@]3(O)C(=O)C(C(N)=O)C(=O)[C@H](N(C)C)[C@H]3[C@H](O)[C@H]21. The van der Waals surface area contributed by atoms with Crippen molar-refractivity contribution < 1.29 is 39.3 Å². The van der Waals surface area contributed by atoms with Gasteiger partial charge in [-0.1, -0.05) is 13.0 Å². The summed E-state index contributed by atoms with van der Waals surface area (Å²) in [7, 11) is 2.89. The zero-order valence-corrected chi connectivity index (χ0v) is 19.6. The Hall–Kier alpha value is -2.47. The van der Waals surface area contributed by atoms with Crippen molar-refractivity contribution >= 4 is 45.0 Å². The molecule has 0 saturated heterocycles. The molecule has 11 heteroatoms. The van der Waals surface area contributed by atoms with Gasteiger partial charge in [-0.2, -0.15) is 0 Å². The first-order valence-electron chi connectivity index (χ1n) is 10.3. The van der Waals surface area contributed by atoms with Crippen LogP contribution in [0.3, 0.4) is 0 Å². The smallest absolute Gasteiger partial charge is 0.235 e. The molecule has 3 aliphatic carbocycles. The third-order valence-electron chi connectivity index (χ3n) is 7.44. The Balaban J connectivity index is 1.97. The molecule has 5 N–H and O–H groups in total. The van der Waals surface area contributed by atoms with Gasteiger partial charge in [0, 0.05) is 5.92 Å². The van der Waals surface area contributed by atoms with E-state index in [1.165, 1.54) is 25.1 Å². The summed E-state index contributed by atoms with van der Waals surface area (Å²) in [5.74, 6) is -13.3. The summed E-state index contributed by atoms with van der Waals surface area (Å²) in [6.45, 7) is 1.65. The molecule has 0 radical (unpaired) electrons. The normalized spacial score (nSPS) is 38.1. The highest BCUT2D eigenvalue weighted by Gasteiger charge is 2.72. The van der Waals surface area contributed by atoms with Crippen LogP contribution in [0.15, 0.2) is 16.6 Å². The van der Waals surface area contributed by atoms with Crippen LogP contribution in [0, 0.1) is 23.7 Å². The van der Waals surface area contributed by atoms with Gasteiger partial charge < -0.3 is 21.1 Å². The number of nitrogens with zero attached hydrogens (tertiary/aromatic N) is 1. The molecule has 0 aliphatic heterocycles. The lowest BCUT2D eigenvalue weighted by Gasteiger charge is -2.56. The Kier molecular flexibility index (Phi) is 5.40. The minimum atomic E-state index is -2.99. The van der Waals surface area contributed by atoms with Crippen molar-refractivity contribution in [3.8, 4) is 5.75 Å². The molecule has 2 fully saturated rings. The van der Waals surface area contributed by atoms with Crippen molar-refractivity contribution in [3.05, 3.63) is 27.7 Å². The van der Waals surface area contributed by atoms with Crippen molar-refractivity contribution in [1.29, 1.82) is 0 Å². The first-order valence-corrected chi connectivity index (χ1v) is 11.1. The molecule has 1 aromatic rings. The highest BCUT2D eigenvalue weighted by Crippen LogP contribution is 2.54. The van der Waals surface area contributed by atoms with Gasteiger partial charge in [-0.15, -0.1) is 0 Å². The van der Waals surface area contributed by atoms with E-state index in [2.05, 4.69) is 15.9 Å². The number of aliphatic hydroxyl groups excluding tert-OH is 1. The number of amides is 1. The Labute approximate surface area is 196 Å². The van der Waals surface area contributed by atoms with Crippen molar-refractivity contribution in [2.24, 2.45) is 29.4 Å². The zero-order valence-electron chi connectivity index (χ0n) is 18.0. The van der Waals surface area contributed by atoms with Gasteiger partial charge in [0.15, 0.2) is 34.7 Å². The number of carbonyl (C=O) groups is 5. The minimum Gasteiger partial charge on any atom is -0.506 e. The monoisotopic (exact) mass is 522 g/mol. The summed E-state index contributed by atoms with van der Waals surface area (Å²) in [5.41, 5.74) is 2.52. The first kappa shape index (κ1) is 23.7. The molecule has 0 heterocycles. The number of Topliss-reactive ketones (excluding diaryl/α,β-unsaturated/α-hetero) is 4.